The zero-order chi connectivity index (χ0) is 15.3. The first-order chi connectivity index (χ1) is 10.8. The molecule has 0 saturated carbocycles. The molecular weight excluding hydrogens is 270 g/mol. The summed E-state index contributed by atoms with van der Waals surface area (Å²) in [6.45, 7) is 2.05. The van der Waals surface area contributed by atoms with Crippen molar-refractivity contribution in [3.8, 4) is 12.0 Å². The Morgan fingerprint density at radius 2 is 1.50 bits per heavy atom. The van der Waals surface area contributed by atoms with Crippen molar-refractivity contribution in [1.82, 2.24) is 4.90 Å². The van der Waals surface area contributed by atoms with E-state index in [4.69, 9.17) is 0 Å². The molecule has 0 spiro atoms. The van der Waals surface area contributed by atoms with Crippen molar-refractivity contribution in [2.75, 3.05) is 13.1 Å². The minimum absolute atomic E-state index is 0.451. The lowest BCUT2D eigenvalue weighted by atomic mass is 9.83. The Kier molecular flexibility index (Phi) is 4.46. The van der Waals surface area contributed by atoms with E-state index in [-0.39, 0.29) is 0 Å². The summed E-state index contributed by atoms with van der Waals surface area (Å²) in [5.74, 6) is 3.13. The van der Waals surface area contributed by atoms with E-state index in [2.05, 4.69) is 53.3 Å². The lowest BCUT2D eigenvalue weighted by molar-refractivity contribution is 0.174. The van der Waals surface area contributed by atoms with E-state index in [9.17, 15) is 5.11 Å². The van der Waals surface area contributed by atoms with E-state index in [1.165, 1.54) is 18.4 Å². The largest absolute Gasteiger partial charge is 0.462 e. The predicted octanol–water partition coefficient (Wildman–Crippen LogP) is 3.55. The predicted molar refractivity (Wildman–Crippen MR) is 88.8 cm³/mol. The molecule has 1 saturated heterocycles. The molecule has 2 aromatic rings. The minimum Gasteiger partial charge on any atom is -0.462 e. The SMILES string of the molecule is OC#CC(Cc1ccccc1)(c1ccccc1)N1CCCC1. The Bertz CT molecular complexity index is 650. The van der Waals surface area contributed by atoms with Gasteiger partial charge in [0.05, 0.1) is 0 Å². The van der Waals surface area contributed by atoms with Gasteiger partial charge >= 0.3 is 0 Å². The zero-order valence-electron chi connectivity index (χ0n) is 12.7. The molecule has 1 atom stereocenters. The highest BCUT2D eigenvalue weighted by Gasteiger charge is 2.38. The van der Waals surface area contributed by atoms with Gasteiger partial charge in [-0.1, -0.05) is 60.7 Å². The first-order valence-corrected chi connectivity index (χ1v) is 7.86. The molecule has 112 valence electrons. The van der Waals surface area contributed by atoms with Crippen LogP contribution < -0.4 is 0 Å². The summed E-state index contributed by atoms with van der Waals surface area (Å²) in [5.41, 5.74) is 1.94. The summed E-state index contributed by atoms with van der Waals surface area (Å²) in [7, 11) is 0. The molecule has 1 fully saturated rings. The number of rotatable bonds is 4. The second-order valence-corrected chi connectivity index (χ2v) is 5.82. The van der Waals surface area contributed by atoms with Crippen LogP contribution >= 0.6 is 0 Å². The normalized spacial score (nSPS) is 17.5. The van der Waals surface area contributed by atoms with Crippen LogP contribution in [0, 0.1) is 12.0 Å². The van der Waals surface area contributed by atoms with Gasteiger partial charge < -0.3 is 5.11 Å². The average molecular weight is 291 g/mol. The Hall–Kier alpha value is -2.24. The van der Waals surface area contributed by atoms with Crippen molar-refractivity contribution < 1.29 is 5.11 Å². The number of hydrogen-bond donors (Lipinski definition) is 1. The van der Waals surface area contributed by atoms with Gasteiger partial charge in [-0.2, -0.15) is 0 Å². The summed E-state index contributed by atoms with van der Waals surface area (Å²) < 4.78 is 0. The number of aliphatic hydroxyl groups excluding tert-OH is 1. The van der Waals surface area contributed by atoms with Crippen LogP contribution in [0.4, 0.5) is 0 Å². The number of likely N-dealkylation sites (tertiary alicyclic amines) is 1. The van der Waals surface area contributed by atoms with Gasteiger partial charge in [0.1, 0.15) is 11.6 Å². The van der Waals surface area contributed by atoms with E-state index in [0.717, 1.165) is 25.1 Å². The van der Waals surface area contributed by atoms with Crippen LogP contribution in [0.3, 0.4) is 0 Å². The number of hydrogen-bond acceptors (Lipinski definition) is 2. The third-order valence-electron chi connectivity index (χ3n) is 4.46. The molecule has 22 heavy (non-hydrogen) atoms. The summed E-state index contributed by atoms with van der Waals surface area (Å²) in [5, 5.41) is 9.41. The van der Waals surface area contributed by atoms with Crippen molar-refractivity contribution in [3.05, 3.63) is 71.8 Å². The molecule has 2 aromatic carbocycles. The number of nitrogens with zero attached hydrogens (tertiary/aromatic N) is 1. The fourth-order valence-corrected chi connectivity index (χ4v) is 3.39. The van der Waals surface area contributed by atoms with Crippen LogP contribution in [0.15, 0.2) is 60.7 Å². The van der Waals surface area contributed by atoms with E-state index < -0.39 is 5.54 Å². The Balaban J connectivity index is 2.08. The van der Waals surface area contributed by atoms with Gasteiger partial charge in [0.25, 0.3) is 0 Å². The topological polar surface area (TPSA) is 23.5 Å². The van der Waals surface area contributed by atoms with Crippen LogP contribution in [-0.2, 0) is 12.0 Å². The van der Waals surface area contributed by atoms with E-state index in [1.54, 1.807) is 0 Å². The van der Waals surface area contributed by atoms with Crippen LogP contribution in [0.1, 0.15) is 24.0 Å². The van der Waals surface area contributed by atoms with Gasteiger partial charge in [0.15, 0.2) is 0 Å². The molecular formula is C20H21NO. The fraction of sp³-hybridized carbons (Fsp3) is 0.300. The molecule has 1 heterocycles. The Morgan fingerprint density at radius 3 is 2.09 bits per heavy atom. The van der Waals surface area contributed by atoms with E-state index in [0.29, 0.717) is 0 Å². The lowest BCUT2D eigenvalue weighted by Gasteiger charge is -2.38. The number of aliphatic hydroxyl groups is 1. The van der Waals surface area contributed by atoms with Gasteiger partial charge in [-0.05, 0) is 43.0 Å². The third-order valence-corrected chi connectivity index (χ3v) is 4.46. The average Bonchev–Trinajstić information content (AvgIpc) is 3.11. The maximum Gasteiger partial charge on any atom is 0.116 e. The molecule has 1 unspecified atom stereocenters. The standard InChI is InChI=1S/C20H21NO/c22-16-13-20(21-14-7-8-15-21,19-11-5-2-6-12-19)17-18-9-3-1-4-10-18/h1-6,9-12,22H,7-8,14-15,17H2. The molecule has 3 rings (SSSR count). The summed E-state index contributed by atoms with van der Waals surface area (Å²) in [6, 6.07) is 20.8. The Labute approximate surface area is 132 Å². The molecule has 0 aromatic heterocycles. The molecule has 0 bridgehead atoms. The van der Waals surface area contributed by atoms with Crippen LogP contribution in [-0.4, -0.2) is 23.1 Å². The zero-order valence-corrected chi connectivity index (χ0v) is 12.7. The van der Waals surface area contributed by atoms with Crippen LogP contribution in [0.2, 0.25) is 0 Å². The molecule has 0 radical (unpaired) electrons. The minimum atomic E-state index is -0.451. The van der Waals surface area contributed by atoms with Crippen LogP contribution in [0.25, 0.3) is 0 Å². The maximum absolute atomic E-state index is 9.41. The van der Waals surface area contributed by atoms with Gasteiger partial charge in [-0.25, -0.2) is 0 Å². The monoisotopic (exact) mass is 291 g/mol. The van der Waals surface area contributed by atoms with E-state index in [1.807, 2.05) is 24.3 Å². The highest BCUT2D eigenvalue weighted by molar-refractivity contribution is 5.37. The number of benzene rings is 2. The molecule has 1 aliphatic rings. The smallest absolute Gasteiger partial charge is 0.116 e. The molecule has 1 aliphatic heterocycles. The second kappa shape index (κ2) is 6.68. The van der Waals surface area contributed by atoms with Gasteiger partial charge in [0.2, 0.25) is 0 Å². The second-order valence-electron chi connectivity index (χ2n) is 5.82. The lowest BCUT2D eigenvalue weighted by Crippen LogP contribution is -2.45. The molecule has 0 amide bonds. The first kappa shape index (κ1) is 14.7. The van der Waals surface area contributed by atoms with Crippen molar-refractivity contribution in [2.24, 2.45) is 0 Å². The highest BCUT2D eigenvalue weighted by Crippen LogP contribution is 2.34. The quantitative estimate of drug-likeness (QED) is 0.871. The van der Waals surface area contributed by atoms with Gasteiger partial charge in [0, 0.05) is 6.42 Å². The third kappa shape index (κ3) is 2.86. The van der Waals surface area contributed by atoms with Crippen LogP contribution in [0.5, 0.6) is 0 Å². The van der Waals surface area contributed by atoms with Crippen molar-refractivity contribution in [1.29, 1.82) is 0 Å². The molecule has 1 N–H and O–H groups in total. The van der Waals surface area contributed by atoms with Gasteiger partial charge in [-0.3, -0.25) is 4.90 Å². The molecule has 2 heteroatoms. The summed E-state index contributed by atoms with van der Waals surface area (Å²) >= 11 is 0. The van der Waals surface area contributed by atoms with Crippen molar-refractivity contribution in [3.63, 3.8) is 0 Å². The molecule has 0 aliphatic carbocycles. The molecule has 2 nitrogen and oxygen atoms in total. The van der Waals surface area contributed by atoms with Crippen molar-refractivity contribution in [2.45, 2.75) is 24.8 Å². The van der Waals surface area contributed by atoms with Gasteiger partial charge in [-0.15, -0.1) is 0 Å². The summed E-state index contributed by atoms with van der Waals surface area (Å²) in [6.07, 6.45) is 5.38. The first-order valence-electron chi connectivity index (χ1n) is 7.86. The fourth-order valence-electron chi connectivity index (χ4n) is 3.39. The maximum atomic E-state index is 9.41. The van der Waals surface area contributed by atoms with Crippen molar-refractivity contribution >= 4 is 0 Å². The van der Waals surface area contributed by atoms with E-state index >= 15 is 0 Å². The summed E-state index contributed by atoms with van der Waals surface area (Å²) in [4.78, 5) is 2.42. The highest BCUT2D eigenvalue weighted by atomic mass is 16.2. The Morgan fingerprint density at radius 1 is 0.909 bits per heavy atom.